The highest BCUT2D eigenvalue weighted by molar-refractivity contribution is 6.43. The molecule has 0 aliphatic rings. The first-order valence-corrected chi connectivity index (χ1v) is 5.16. The molecule has 0 spiro atoms. The van der Waals surface area contributed by atoms with Gasteiger partial charge in [0, 0.05) is 11.6 Å². The number of halogens is 3. The number of carbonyl (C=O) groups is 1. The van der Waals surface area contributed by atoms with E-state index in [1.165, 1.54) is 0 Å². The van der Waals surface area contributed by atoms with E-state index in [4.69, 9.17) is 39.5 Å². The highest BCUT2D eigenvalue weighted by Crippen LogP contribution is 2.33. The second-order valence-electron chi connectivity index (χ2n) is 2.60. The second kappa shape index (κ2) is 5.40. The zero-order valence-corrected chi connectivity index (χ0v) is 9.81. The molecule has 1 atom stereocenters. The van der Waals surface area contributed by atoms with Gasteiger partial charge in [-0.1, -0.05) is 53.5 Å². The van der Waals surface area contributed by atoms with Crippen LogP contribution >= 0.6 is 34.8 Å². The van der Waals surface area contributed by atoms with Crippen molar-refractivity contribution in [1.82, 2.24) is 0 Å². The Labute approximate surface area is 102 Å². The number of benzene rings is 1. The fraction of sp³-hybridized carbons (Fsp3) is 0.100. The van der Waals surface area contributed by atoms with Crippen LogP contribution in [0.5, 0.6) is 0 Å². The van der Waals surface area contributed by atoms with Gasteiger partial charge in [0.15, 0.2) is 0 Å². The second-order valence-corrected chi connectivity index (χ2v) is 3.78. The van der Waals surface area contributed by atoms with Gasteiger partial charge in [-0.15, -0.1) is 0 Å². The molecule has 1 unspecified atom stereocenters. The van der Waals surface area contributed by atoms with Crippen molar-refractivity contribution in [3.05, 3.63) is 46.5 Å². The molecule has 0 aliphatic heterocycles. The van der Waals surface area contributed by atoms with Gasteiger partial charge in [-0.05, 0) is 6.07 Å². The maximum atomic E-state index is 10.9. The standard InChI is InChI=1S/C10H7Cl3O2/c1-2-8(14)15-10(13)6-4-3-5-7(11)9(6)12/h2-5,10H,1H2. The molecule has 0 aromatic heterocycles. The van der Waals surface area contributed by atoms with Gasteiger partial charge in [0.1, 0.15) is 0 Å². The lowest BCUT2D eigenvalue weighted by atomic mass is 10.2. The number of rotatable bonds is 3. The maximum absolute atomic E-state index is 10.9. The van der Waals surface area contributed by atoms with Gasteiger partial charge in [0.2, 0.25) is 5.56 Å². The van der Waals surface area contributed by atoms with E-state index in [1.807, 2.05) is 0 Å². The first-order chi connectivity index (χ1) is 7.06. The van der Waals surface area contributed by atoms with E-state index >= 15 is 0 Å². The van der Waals surface area contributed by atoms with Crippen molar-refractivity contribution < 1.29 is 9.53 Å². The molecule has 0 saturated carbocycles. The van der Waals surface area contributed by atoms with Crippen molar-refractivity contribution in [2.75, 3.05) is 0 Å². The van der Waals surface area contributed by atoms with Crippen molar-refractivity contribution in [3.8, 4) is 0 Å². The molecule has 1 aromatic rings. The third-order valence-corrected chi connectivity index (χ3v) is 2.77. The summed E-state index contributed by atoms with van der Waals surface area (Å²) in [7, 11) is 0. The van der Waals surface area contributed by atoms with Crippen LogP contribution in [-0.2, 0) is 9.53 Å². The van der Waals surface area contributed by atoms with Gasteiger partial charge < -0.3 is 4.74 Å². The SMILES string of the molecule is C=CC(=O)OC(Cl)c1cccc(Cl)c1Cl. The zero-order chi connectivity index (χ0) is 11.4. The third-order valence-electron chi connectivity index (χ3n) is 1.61. The molecule has 2 nitrogen and oxygen atoms in total. The maximum Gasteiger partial charge on any atom is 0.331 e. The third kappa shape index (κ3) is 3.13. The van der Waals surface area contributed by atoms with Crippen LogP contribution in [0.4, 0.5) is 0 Å². The van der Waals surface area contributed by atoms with Crippen LogP contribution < -0.4 is 0 Å². The van der Waals surface area contributed by atoms with E-state index in [0.717, 1.165) is 6.08 Å². The Balaban J connectivity index is 2.91. The van der Waals surface area contributed by atoms with Crippen molar-refractivity contribution >= 4 is 40.8 Å². The first-order valence-electron chi connectivity index (χ1n) is 3.97. The number of hydrogen-bond acceptors (Lipinski definition) is 2. The number of esters is 1. The van der Waals surface area contributed by atoms with E-state index in [0.29, 0.717) is 10.6 Å². The number of hydrogen-bond donors (Lipinski definition) is 0. The molecule has 0 bridgehead atoms. The Morgan fingerprint density at radius 1 is 1.47 bits per heavy atom. The van der Waals surface area contributed by atoms with Crippen LogP contribution in [0.25, 0.3) is 0 Å². The normalized spacial score (nSPS) is 11.9. The summed E-state index contributed by atoms with van der Waals surface area (Å²) in [6, 6.07) is 4.91. The van der Waals surface area contributed by atoms with E-state index in [2.05, 4.69) is 6.58 Å². The largest absolute Gasteiger partial charge is 0.438 e. The fourth-order valence-electron chi connectivity index (χ4n) is 0.909. The van der Waals surface area contributed by atoms with Crippen molar-refractivity contribution in [2.45, 2.75) is 5.56 Å². The minimum Gasteiger partial charge on any atom is -0.438 e. The first kappa shape index (κ1) is 12.4. The summed E-state index contributed by atoms with van der Waals surface area (Å²) in [6.07, 6.45) is 1.02. The molecule has 0 amide bonds. The molecule has 0 aliphatic carbocycles. The number of alkyl halides is 1. The summed E-state index contributed by atoms with van der Waals surface area (Å²) in [6.45, 7) is 3.26. The van der Waals surface area contributed by atoms with E-state index in [1.54, 1.807) is 18.2 Å². The number of carbonyl (C=O) groups excluding carboxylic acids is 1. The molecular formula is C10H7Cl3O2. The minimum atomic E-state index is -0.971. The predicted octanol–water partition coefficient (Wildman–Crippen LogP) is 3.96. The van der Waals surface area contributed by atoms with Crippen LogP contribution in [0.15, 0.2) is 30.9 Å². The van der Waals surface area contributed by atoms with Crippen molar-refractivity contribution in [2.24, 2.45) is 0 Å². The Morgan fingerprint density at radius 3 is 2.73 bits per heavy atom. The monoisotopic (exact) mass is 264 g/mol. The molecule has 15 heavy (non-hydrogen) atoms. The molecule has 1 aromatic carbocycles. The van der Waals surface area contributed by atoms with Crippen LogP contribution in [0.1, 0.15) is 11.1 Å². The minimum absolute atomic E-state index is 0.274. The fourth-order valence-corrected chi connectivity index (χ4v) is 1.64. The van der Waals surface area contributed by atoms with E-state index in [-0.39, 0.29) is 5.02 Å². The van der Waals surface area contributed by atoms with E-state index in [9.17, 15) is 4.79 Å². The molecule has 0 radical (unpaired) electrons. The lowest BCUT2D eigenvalue weighted by Crippen LogP contribution is -2.04. The molecule has 0 N–H and O–H groups in total. The Morgan fingerprint density at radius 2 is 2.13 bits per heavy atom. The summed E-state index contributed by atoms with van der Waals surface area (Å²) in [5, 5.41) is 0.630. The summed E-state index contributed by atoms with van der Waals surface area (Å²) >= 11 is 17.5. The highest BCUT2D eigenvalue weighted by atomic mass is 35.5. The van der Waals surface area contributed by atoms with Crippen LogP contribution in [-0.4, -0.2) is 5.97 Å². The Bertz CT molecular complexity index is 390. The Hall–Kier alpha value is -0.700. The summed E-state index contributed by atoms with van der Waals surface area (Å²) in [5.41, 5.74) is -0.525. The lowest BCUT2D eigenvalue weighted by Gasteiger charge is -2.12. The summed E-state index contributed by atoms with van der Waals surface area (Å²) in [5.74, 6) is -0.619. The molecular weight excluding hydrogens is 258 g/mol. The average molecular weight is 266 g/mol. The van der Waals surface area contributed by atoms with Crippen LogP contribution in [0.3, 0.4) is 0 Å². The summed E-state index contributed by atoms with van der Waals surface area (Å²) < 4.78 is 4.79. The molecule has 1 rings (SSSR count). The van der Waals surface area contributed by atoms with Gasteiger partial charge in [-0.25, -0.2) is 4.79 Å². The molecule has 0 fully saturated rings. The van der Waals surface area contributed by atoms with Crippen LogP contribution in [0, 0.1) is 0 Å². The molecule has 0 heterocycles. The zero-order valence-electron chi connectivity index (χ0n) is 7.54. The van der Waals surface area contributed by atoms with Gasteiger partial charge in [-0.3, -0.25) is 0 Å². The number of ether oxygens (including phenoxy) is 1. The van der Waals surface area contributed by atoms with Crippen molar-refractivity contribution in [3.63, 3.8) is 0 Å². The van der Waals surface area contributed by atoms with Gasteiger partial charge >= 0.3 is 5.97 Å². The topological polar surface area (TPSA) is 26.3 Å². The molecule has 0 saturated heterocycles. The average Bonchev–Trinajstić information content (AvgIpc) is 2.21. The molecule has 5 heteroatoms. The summed E-state index contributed by atoms with van der Waals surface area (Å²) in [4.78, 5) is 10.9. The molecule has 80 valence electrons. The lowest BCUT2D eigenvalue weighted by molar-refractivity contribution is -0.139. The van der Waals surface area contributed by atoms with Gasteiger partial charge in [-0.2, -0.15) is 0 Å². The van der Waals surface area contributed by atoms with Gasteiger partial charge in [0.05, 0.1) is 10.0 Å². The van der Waals surface area contributed by atoms with Crippen LogP contribution in [0.2, 0.25) is 10.0 Å². The Kier molecular flexibility index (Phi) is 4.45. The van der Waals surface area contributed by atoms with E-state index < -0.39 is 11.5 Å². The van der Waals surface area contributed by atoms with Gasteiger partial charge in [0.25, 0.3) is 0 Å². The quantitative estimate of drug-likeness (QED) is 0.470. The highest BCUT2D eigenvalue weighted by Gasteiger charge is 2.16. The van der Waals surface area contributed by atoms with Crippen molar-refractivity contribution in [1.29, 1.82) is 0 Å². The predicted molar refractivity (Wildman–Crippen MR) is 61.3 cm³/mol. The smallest absolute Gasteiger partial charge is 0.331 e.